The molecule has 26 heavy (non-hydrogen) atoms. The van der Waals surface area contributed by atoms with Crippen molar-refractivity contribution in [3.05, 3.63) is 53.5 Å². The second-order valence-electron chi connectivity index (χ2n) is 5.29. The molecule has 0 aliphatic rings. The molecule has 3 aromatic rings. The van der Waals surface area contributed by atoms with E-state index in [1.807, 2.05) is 23.6 Å². The molecular weight excluding hydrogens is 418 g/mol. The zero-order valence-corrected chi connectivity index (χ0v) is 16.4. The maximum atomic E-state index is 12.2. The summed E-state index contributed by atoms with van der Waals surface area (Å²) in [5.74, 6) is 1.98. The first-order chi connectivity index (χ1) is 12.6. The predicted molar refractivity (Wildman–Crippen MR) is 104 cm³/mol. The van der Waals surface area contributed by atoms with Crippen LogP contribution in [0.15, 0.2) is 57.4 Å². The molecule has 0 saturated carbocycles. The fourth-order valence-corrected chi connectivity index (χ4v) is 3.25. The molecule has 0 bridgehead atoms. The zero-order valence-electron chi connectivity index (χ0n) is 14.0. The van der Waals surface area contributed by atoms with Crippen molar-refractivity contribution >= 4 is 39.4 Å². The smallest absolute Gasteiger partial charge is 0.236 e. The molecule has 0 aliphatic heterocycles. The van der Waals surface area contributed by atoms with E-state index in [9.17, 15) is 4.79 Å². The van der Waals surface area contributed by atoms with E-state index >= 15 is 0 Å². The number of hydrogen-bond donors (Lipinski definition) is 1. The van der Waals surface area contributed by atoms with Crippen LogP contribution in [0.3, 0.4) is 0 Å². The van der Waals surface area contributed by atoms with Gasteiger partial charge in [-0.15, -0.1) is 16.8 Å². The van der Waals surface area contributed by atoms with Crippen LogP contribution in [0.25, 0.3) is 11.4 Å². The van der Waals surface area contributed by atoms with Gasteiger partial charge in [0.15, 0.2) is 11.0 Å². The summed E-state index contributed by atoms with van der Waals surface area (Å²) in [5, 5.41) is 11.8. The van der Waals surface area contributed by atoms with Gasteiger partial charge in [0.2, 0.25) is 5.91 Å². The number of furan rings is 1. The van der Waals surface area contributed by atoms with Crippen LogP contribution in [-0.2, 0) is 11.3 Å². The Bertz CT molecular complexity index is 920. The Labute approximate surface area is 163 Å². The van der Waals surface area contributed by atoms with Gasteiger partial charge in [-0.1, -0.05) is 17.8 Å². The number of carbonyl (C=O) groups is 1. The minimum absolute atomic E-state index is 0.168. The number of rotatable bonds is 7. The average molecular weight is 434 g/mol. The molecule has 0 aromatic carbocycles. The highest BCUT2D eigenvalue weighted by molar-refractivity contribution is 9.10. The van der Waals surface area contributed by atoms with Gasteiger partial charge in [-0.25, -0.2) is 4.98 Å². The lowest BCUT2D eigenvalue weighted by Gasteiger charge is -2.07. The van der Waals surface area contributed by atoms with Gasteiger partial charge in [0, 0.05) is 17.2 Å². The fraction of sp³-hybridized carbons (Fsp3) is 0.176. The molecule has 9 heteroatoms. The topological polar surface area (TPSA) is 85.8 Å². The lowest BCUT2D eigenvalue weighted by atomic mass is 10.2. The number of anilines is 1. The maximum Gasteiger partial charge on any atom is 0.236 e. The normalized spacial score (nSPS) is 10.7. The van der Waals surface area contributed by atoms with E-state index in [1.54, 1.807) is 24.6 Å². The average Bonchev–Trinajstić information content (AvgIpc) is 3.21. The summed E-state index contributed by atoms with van der Waals surface area (Å²) in [7, 11) is 0. The number of nitrogens with zero attached hydrogens (tertiary/aromatic N) is 4. The van der Waals surface area contributed by atoms with E-state index in [0.29, 0.717) is 23.3 Å². The lowest BCUT2D eigenvalue weighted by Crippen LogP contribution is -2.15. The van der Waals surface area contributed by atoms with Gasteiger partial charge in [-0.05, 0) is 41.1 Å². The molecule has 134 valence electrons. The fourth-order valence-electron chi connectivity index (χ4n) is 2.26. The summed E-state index contributed by atoms with van der Waals surface area (Å²) in [4.78, 5) is 16.3. The molecule has 0 saturated heterocycles. The van der Waals surface area contributed by atoms with E-state index < -0.39 is 0 Å². The Morgan fingerprint density at radius 3 is 2.92 bits per heavy atom. The van der Waals surface area contributed by atoms with Crippen LogP contribution in [-0.4, -0.2) is 31.4 Å². The van der Waals surface area contributed by atoms with Crippen molar-refractivity contribution in [2.45, 2.75) is 18.6 Å². The number of nitrogens with one attached hydrogen (secondary N) is 1. The van der Waals surface area contributed by atoms with Gasteiger partial charge in [0.25, 0.3) is 0 Å². The lowest BCUT2D eigenvalue weighted by molar-refractivity contribution is -0.113. The second kappa shape index (κ2) is 8.33. The van der Waals surface area contributed by atoms with Gasteiger partial charge >= 0.3 is 0 Å². The number of aromatic nitrogens is 4. The van der Waals surface area contributed by atoms with E-state index in [1.165, 1.54) is 11.8 Å². The Morgan fingerprint density at radius 1 is 1.42 bits per heavy atom. The number of allylic oxidation sites excluding steroid dienone is 1. The van der Waals surface area contributed by atoms with Crippen molar-refractivity contribution in [1.29, 1.82) is 0 Å². The van der Waals surface area contributed by atoms with Crippen molar-refractivity contribution in [2.75, 3.05) is 11.1 Å². The van der Waals surface area contributed by atoms with Crippen LogP contribution in [0.1, 0.15) is 5.76 Å². The highest BCUT2D eigenvalue weighted by Crippen LogP contribution is 2.27. The van der Waals surface area contributed by atoms with Gasteiger partial charge in [0.05, 0.1) is 17.6 Å². The first kappa shape index (κ1) is 18.4. The Hall–Kier alpha value is -2.39. The second-order valence-corrected chi connectivity index (χ2v) is 7.15. The molecule has 1 N–H and O–H groups in total. The standard InChI is InChI=1S/C17H16BrN5O2S/c1-3-7-23-16(13-6-8-25-11(13)2)21-22-17(23)26-10-15(24)20-14-5-4-12(18)9-19-14/h3-6,8-9H,1,7,10H2,2H3,(H,19,20,24). The van der Waals surface area contributed by atoms with Crippen LogP contribution < -0.4 is 5.32 Å². The molecule has 0 fully saturated rings. The van der Waals surface area contributed by atoms with Crippen LogP contribution in [0.5, 0.6) is 0 Å². The third-order valence-corrected chi connectivity index (χ3v) is 4.89. The molecule has 0 unspecified atom stereocenters. The summed E-state index contributed by atoms with van der Waals surface area (Å²) in [6.07, 6.45) is 5.00. The molecule has 0 atom stereocenters. The summed E-state index contributed by atoms with van der Waals surface area (Å²) in [6, 6.07) is 5.39. The summed E-state index contributed by atoms with van der Waals surface area (Å²) in [6.45, 7) is 6.18. The zero-order chi connectivity index (χ0) is 18.5. The predicted octanol–water partition coefficient (Wildman–Crippen LogP) is 3.92. The van der Waals surface area contributed by atoms with Crippen molar-refractivity contribution in [3.63, 3.8) is 0 Å². The summed E-state index contributed by atoms with van der Waals surface area (Å²) < 4.78 is 8.10. The van der Waals surface area contributed by atoms with Gasteiger partial charge in [0.1, 0.15) is 11.6 Å². The van der Waals surface area contributed by atoms with Gasteiger partial charge in [-0.2, -0.15) is 0 Å². The number of halogens is 1. The molecule has 3 heterocycles. The van der Waals surface area contributed by atoms with Crippen LogP contribution in [0.4, 0.5) is 5.82 Å². The maximum absolute atomic E-state index is 12.2. The highest BCUT2D eigenvalue weighted by atomic mass is 79.9. The molecule has 7 nitrogen and oxygen atoms in total. The van der Waals surface area contributed by atoms with Gasteiger partial charge in [-0.3, -0.25) is 9.36 Å². The van der Waals surface area contributed by atoms with E-state index in [2.05, 4.69) is 43.0 Å². The van der Waals surface area contributed by atoms with Crippen molar-refractivity contribution in [2.24, 2.45) is 0 Å². The first-order valence-corrected chi connectivity index (χ1v) is 9.49. The molecule has 0 spiro atoms. The minimum Gasteiger partial charge on any atom is -0.469 e. The summed E-state index contributed by atoms with van der Waals surface area (Å²) in [5.41, 5.74) is 0.870. The summed E-state index contributed by atoms with van der Waals surface area (Å²) >= 11 is 4.61. The Balaban J connectivity index is 1.70. The van der Waals surface area contributed by atoms with Crippen molar-refractivity contribution in [3.8, 4) is 11.4 Å². The van der Waals surface area contributed by atoms with E-state index in [4.69, 9.17) is 4.42 Å². The number of carbonyl (C=O) groups excluding carboxylic acids is 1. The monoisotopic (exact) mass is 433 g/mol. The van der Waals surface area contributed by atoms with E-state index in [-0.39, 0.29) is 11.7 Å². The molecule has 1 amide bonds. The third kappa shape index (κ3) is 4.23. The Kier molecular flexibility index (Phi) is 5.89. The number of hydrogen-bond acceptors (Lipinski definition) is 6. The molecule has 0 radical (unpaired) electrons. The number of amides is 1. The van der Waals surface area contributed by atoms with Crippen molar-refractivity contribution < 1.29 is 9.21 Å². The molecule has 3 aromatic heterocycles. The third-order valence-electron chi connectivity index (χ3n) is 3.46. The number of thioether (sulfide) groups is 1. The molecule has 0 aliphatic carbocycles. The van der Waals surface area contributed by atoms with Crippen LogP contribution >= 0.6 is 27.7 Å². The highest BCUT2D eigenvalue weighted by Gasteiger charge is 2.17. The largest absolute Gasteiger partial charge is 0.469 e. The van der Waals surface area contributed by atoms with Gasteiger partial charge < -0.3 is 9.73 Å². The number of aryl methyl sites for hydroxylation is 1. The molecule has 3 rings (SSSR count). The first-order valence-electron chi connectivity index (χ1n) is 7.71. The van der Waals surface area contributed by atoms with Crippen LogP contribution in [0.2, 0.25) is 0 Å². The van der Waals surface area contributed by atoms with Crippen molar-refractivity contribution in [1.82, 2.24) is 19.7 Å². The quantitative estimate of drug-likeness (QED) is 0.448. The Morgan fingerprint density at radius 2 is 2.27 bits per heavy atom. The van der Waals surface area contributed by atoms with E-state index in [0.717, 1.165) is 15.8 Å². The molecular formula is C17H16BrN5O2S. The SMILES string of the molecule is C=CCn1c(SCC(=O)Nc2ccc(Br)cn2)nnc1-c1ccoc1C. The minimum atomic E-state index is -0.168. The number of pyridine rings is 1. The van der Waals surface area contributed by atoms with Crippen LogP contribution in [0, 0.1) is 6.92 Å².